The summed E-state index contributed by atoms with van der Waals surface area (Å²) in [6.45, 7) is 0. The van der Waals surface area contributed by atoms with Crippen LogP contribution in [0.3, 0.4) is 0 Å². The highest BCUT2D eigenvalue weighted by Gasteiger charge is 2.22. The molecule has 3 nitrogen and oxygen atoms in total. The van der Waals surface area contributed by atoms with E-state index in [9.17, 15) is 0 Å². The van der Waals surface area contributed by atoms with Crippen LogP contribution in [0.25, 0.3) is 93.6 Å². The highest BCUT2D eigenvalue weighted by atomic mass is 16.3. The summed E-state index contributed by atoms with van der Waals surface area (Å²) >= 11 is 0. The summed E-state index contributed by atoms with van der Waals surface area (Å²) in [7, 11) is 0. The summed E-state index contributed by atoms with van der Waals surface area (Å²) in [5, 5.41) is 6.97. The SMILES string of the molecule is c1ccc(-c2ccc(N(c3ccccc3)c3cccc4oc5c6ccccc6c(-c6ccc(-c7ccc(-n8c9ccccc9c9ccccc98)cc7)cc6)cc5c34)cc2)cc1. The van der Waals surface area contributed by atoms with Crippen molar-refractivity contribution in [3.8, 4) is 39.1 Å². The predicted molar refractivity (Wildman–Crippen MR) is 257 cm³/mol. The van der Waals surface area contributed by atoms with Gasteiger partial charge in [-0.3, -0.25) is 0 Å². The maximum Gasteiger partial charge on any atom is 0.143 e. The second kappa shape index (κ2) is 14.3. The number of fused-ring (bicyclic) bond motifs is 8. The molecule has 0 aliphatic rings. The molecule has 0 bridgehead atoms. The van der Waals surface area contributed by atoms with E-state index in [1.165, 1.54) is 49.6 Å². The van der Waals surface area contributed by atoms with Crippen LogP contribution in [0.15, 0.2) is 235 Å². The zero-order valence-electron chi connectivity index (χ0n) is 33.2. The van der Waals surface area contributed by atoms with Gasteiger partial charge >= 0.3 is 0 Å². The van der Waals surface area contributed by atoms with Crippen molar-refractivity contribution in [2.24, 2.45) is 0 Å². The van der Waals surface area contributed by atoms with E-state index in [0.29, 0.717) is 0 Å². The van der Waals surface area contributed by atoms with Crippen LogP contribution in [0.1, 0.15) is 0 Å². The second-order valence-electron chi connectivity index (χ2n) is 15.7. The molecular weight excluding hydrogens is 741 g/mol. The molecule has 12 aromatic rings. The molecule has 0 atom stereocenters. The lowest BCUT2D eigenvalue weighted by Gasteiger charge is -2.26. The third-order valence-electron chi connectivity index (χ3n) is 12.2. The minimum absolute atomic E-state index is 0.858. The molecule has 12 rings (SSSR count). The molecule has 0 saturated heterocycles. The Morgan fingerprint density at radius 3 is 1.49 bits per heavy atom. The van der Waals surface area contributed by atoms with Gasteiger partial charge < -0.3 is 13.9 Å². The van der Waals surface area contributed by atoms with Crippen LogP contribution in [0.2, 0.25) is 0 Å². The first-order valence-electron chi connectivity index (χ1n) is 20.8. The number of anilines is 3. The summed E-state index contributed by atoms with van der Waals surface area (Å²) < 4.78 is 9.19. The molecule has 3 heteroatoms. The lowest BCUT2D eigenvalue weighted by molar-refractivity contribution is 0.672. The van der Waals surface area contributed by atoms with Gasteiger partial charge in [0.05, 0.1) is 22.1 Å². The molecule has 0 saturated carbocycles. The van der Waals surface area contributed by atoms with Gasteiger partial charge in [0, 0.05) is 38.6 Å². The number of rotatable bonds is 7. The van der Waals surface area contributed by atoms with E-state index >= 15 is 0 Å². The molecule has 0 radical (unpaired) electrons. The van der Waals surface area contributed by atoms with Gasteiger partial charge in [0.1, 0.15) is 11.2 Å². The van der Waals surface area contributed by atoms with E-state index < -0.39 is 0 Å². The van der Waals surface area contributed by atoms with E-state index in [2.05, 4.69) is 240 Å². The summed E-state index contributed by atoms with van der Waals surface area (Å²) in [5.74, 6) is 0. The molecule has 0 spiro atoms. The number of benzene rings is 10. The molecule has 2 aromatic heterocycles. The lowest BCUT2D eigenvalue weighted by atomic mass is 9.93. The van der Waals surface area contributed by atoms with Crippen LogP contribution in [0.5, 0.6) is 0 Å². The molecule has 286 valence electrons. The Morgan fingerprint density at radius 2 is 0.836 bits per heavy atom. The quantitative estimate of drug-likeness (QED) is 0.161. The first kappa shape index (κ1) is 34.9. The van der Waals surface area contributed by atoms with Gasteiger partial charge in [-0.25, -0.2) is 0 Å². The Balaban J connectivity index is 0.958. The summed E-state index contributed by atoms with van der Waals surface area (Å²) in [4.78, 5) is 2.35. The average molecular weight is 779 g/mol. The number of furan rings is 1. The van der Waals surface area contributed by atoms with Crippen molar-refractivity contribution in [2.45, 2.75) is 0 Å². The Hall–Kier alpha value is -8.14. The van der Waals surface area contributed by atoms with E-state index in [1.54, 1.807) is 0 Å². The van der Waals surface area contributed by atoms with Crippen LogP contribution >= 0.6 is 0 Å². The zero-order chi connectivity index (χ0) is 40.3. The normalized spacial score (nSPS) is 11.6. The molecule has 0 aliphatic heterocycles. The molecule has 0 fully saturated rings. The van der Waals surface area contributed by atoms with Crippen molar-refractivity contribution in [3.63, 3.8) is 0 Å². The Morgan fingerprint density at radius 1 is 0.344 bits per heavy atom. The van der Waals surface area contributed by atoms with E-state index in [0.717, 1.165) is 61.0 Å². The highest BCUT2D eigenvalue weighted by molar-refractivity contribution is 6.22. The fourth-order valence-corrected chi connectivity index (χ4v) is 9.34. The minimum atomic E-state index is 0.858. The van der Waals surface area contributed by atoms with Gasteiger partial charge in [0.15, 0.2) is 0 Å². The second-order valence-corrected chi connectivity index (χ2v) is 15.7. The smallest absolute Gasteiger partial charge is 0.143 e. The Bertz CT molecular complexity index is 3490. The van der Waals surface area contributed by atoms with Gasteiger partial charge in [0.25, 0.3) is 0 Å². The van der Waals surface area contributed by atoms with Crippen LogP contribution in [-0.2, 0) is 0 Å². The monoisotopic (exact) mass is 778 g/mol. The molecule has 2 heterocycles. The van der Waals surface area contributed by atoms with Gasteiger partial charge in [-0.15, -0.1) is 0 Å². The number of para-hydroxylation sites is 3. The van der Waals surface area contributed by atoms with E-state index in [-0.39, 0.29) is 0 Å². The first-order valence-corrected chi connectivity index (χ1v) is 20.8. The van der Waals surface area contributed by atoms with Crippen molar-refractivity contribution < 1.29 is 4.42 Å². The molecule has 0 N–H and O–H groups in total. The fraction of sp³-hybridized carbons (Fsp3) is 0. The van der Waals surface area contributed by atoms with Gasteiger partial charge in [-0.1, -0.05) is 164 Å². The Kier molecular flexibility index (Phi) is 8.17. The first-order chi connectivity index (χ1) is 30.3. The van der Waals surface area contributed by atoms with Gasteiger partial charge in [-0.2, -0.15) is 0 Å². The molecule has 0 amide bonds. The molecule has 0 aliphatic carbocycles. The van der Waals surface area contributed by atoms with Crippen molar-refractivity contribution in [3.05, 3.63) is 231 Å². The molecule has 0 unspecified atom stereocenters. The van der Waals surface area contributed by atoms with Crippen molar-refractivity contribution >= 4 is 71.6 Å². The van der Waals surface area contributed by atoms with Gasteiger partial charge in [0.2, 0.25) is 0 Å². The number of nitrogens with zero attached hydrogens (tertiary/aromatic N) is 2. The lowest BCUT2D eigenvalue weighted by Crippen LogP contribution is -2.10. The number of hydrogen-bond acceptors (Lipinski definition) is 2. The van der Waals surface area contributed by atoms with Crippen LogP contribution in [-0.4, -0.2) is 4.57 Å². The average Bonchev–Trinajstić information content (AvgIpc) is 3.89. The summed E-state index contributed by atoms with van der Waals surface area (Å²) in [6.07, 6.45) is 0. The molecule has 10 aromatic carbocycles. The molecular formula is C58H38N2O. The topological polar surface area (TPSA) is 21.3 Å². The molecule has 61 heavy (non-hydrogen) atoms. The van der Waals surface area contributed by atoms with Crippen molar-refractivity contribution in [2.75, 3.05) is 4.90 Å². The predicted octanol–water partition coefficient (Wildman–Crippen LogP) is 16.3. The fourth-order valence-electron chi connectivity index (χ4n) is 9.34. The standard InChI is InChI=1S/C58H38N2O/c1-3-14-39(15-4-1)41-30-34-45(35-31-41)59(44-16-5-2-6-17-44)55-24-13-25-56-57(55)52-38-51(47-18-7-8-21-50(47)58(52)61-56)43-28-26-40(27-29-43)42-32-36-46(37-33-42)60-53-22-11-9-19-48(53)49-20-10-12-23-54(49)60/h1-38H. The Labute approximate surface area is 353 Å². The summed E-state index contributed by atoms with van der Waals surface area (Å²) in [5.41, 5.74) is 15.6. The third kappa shape index (κ3) is 5.82. The third-order valence-corrected chi connectivity index (χ3v) is 12.2. The zero-order valence-corrected chi connectivity index (χ0v) is 33.2. The number of aromatic nitrogens is 1. The van der Waals surface area contributed by atoms with Crippen LogP contribution in [0, 0.1) is 0 Å². The maximum atomic E-state index is 6.83. The summed E-state index contributed by atoms with van der Waals surface area (Å²) in [6, 6.07) is 82.7. The van der Waals surface area contributed by atoms with Crippen LogP contribution < -0.4 is 4.90 Å². The van der Waals surface area contributed by atoms with E-state index in [1.807, 2.05) is 0 Å². The van der Waals surface area contributed by atoms with Gasteiger partial charge in [-0.05, 0) is 105 Å². The van der Waals surface area contributed by atoms with E-state index in [4.69, 9.17) is 4.42 Å². The maximum absolute atomic E-state index is 6.83. The van der Waals surface area contributed by atoms with Crippen molar-refractivity contribution in [1.29, 1.82) is 0 Å². The minimum Gasteiger partial charge on any atom is -0.455 e. The van der Waals surface area contributed by atoms with Crippen LogP contribution in [0.4, 0.5) is 17.1 Å². The number of hydrogen-bond donors (Lipinski definition) is 0. The largest absolute Gasteiger partial charge is 0.455 e. The van der Waals surface area contributed by atoms with Crippen molar-refractivity contribution in [1.82, 2.24) is 4.57 Å². The highest BCUT2D eigenvalue weighted by Crippen LogP contribution is 2.46.